The Balaban J connectivity index is 1.45. The number of para-hydroxylation sites is 2. The van der Waals surface area contributed by atoms with Gasteiger partial charge < -0.3 is 19.5 Å². The van der Waals surface area contributed by atoms with E-state index in [0.717, 1.165) is 42.8 Å². The van der Waals surface area contributed by atoms with E-state index < -0.39 is 0 Å². The zero-order valence-electron chi connectivity index (χ0n) is 15.3. The summed E-state index contributed by atoms with van der Waals surface area (Å²) in [6.07, 6.45) is 0.871. The van der Waals surface area contributed by atoms with Gasteiger partial charge in [0.1, 0.15) is 0 Å². The molecule has 138 valence electrons. The highest BCUT2D eigenvalue weighted by atomic mass is 16.5. The largest absolute Gasteiger partial charge is 0.378 e. The fourth-order valence-corrected chi connectivity index (χ4v) is 4.24. The van der Waals surface area contributed by atoms with Crippen molar-refractivity contribution in [2.75, 3.05) is 37.7 Å². The summed E-state index contributed by atoms with van der Waals surface area (Å²) in [6.45, 7) is 4.50. The number of hydrogen-bond donors (Lipinski definition) is 1. The normalized spacial score (nSPS) is 17.2. The number of H-pyrrole nitrogens is 1. The second-order valence-electron chi connectivity index (χ2n) is 7.22. The fourth-order valence-electron chi connectivity index (χ4n) is 4.24. The van der Waals surface area contributed by atoms with Gasteiger partial charge in [-0.2, -0.15) is 0 Å². The van der Waals surface area contributed by atoms with Gasteiger partial charge in [0, 0.05) is 60.4 Å². The van der Waals surface area contributed by atoms with Gasteiger partial charge in [0.15, 0.2) is 0 Å². The van der Waals surface area contributed by atoms with Gasteiger partial charge >= 0.3 is 0 Å². The number of carbonyl (C=O) groups is 1. The highest BCUT2D eigenvalue weighted by Gasteiger charge is 2.27. The number of nitrogens with one attached hydrogen (secondary N) is 1. The predicted octanol–water partition coefficient (Wildman–Crippen LogP) is 3.20. The van der Waals surface area contributed by atoms with Crippen molar-refractivity contribution in [3.05, 3.63) is 65.4 Å². The number of ether oxygens (including phenoxy) is 1. The first-order chi connectivity index (χ1) is 13.3. The molecular weight excluding hydrogens is 338 g/mol. The summed E-state index contributed by atoms with van der Waals surface area (Å²) < 4.78 is 5.47. The Bertz CT molecular complexity index is 988. The first kappa shape index (κ1) is 16.4. The van der Waals surface area contributed by atoms with Crippen LogP contribution in [0.2, 0.25) is 0 Å². The number of aromatic nitrogens is 1. The molecule has 5 rings (SSSR count). The Morgan fingerprint density at radius 1 is 0.963 bits per heavy atom. The van der Waals surface area contributed by atoms with Crippen molar-refractivity contribution in [3.63, 3.8) is 0 Å². The van der Waals surface area contributed by atoms with Crippen LogP contribution in [0.4, 0.5) is 5.69 Å². The summed E-state index contributed by atoms with van der Waals surface area (Å²) in [6, 6.07) is 16.3. The average Bonchev–Trinajstić information content (AvgIpc) is 3.12. The zero-order valence-corrected chi connectivity index (χ0v) is 15.3. The molecule has 1 amide bonds. The van der Waals surface area contributed by atoms with Gasteiger partial charge in [-0.1, -0.05) is 30.3 Å². The van der Waals surface area contributed by atoms with E-state index in [4.69, 9.17) is 4.74 Å². The number of rotatable bonds is 2. The maximum Gasteiger partial charge on any atom is 0.256 e. The molecule has 0 saturated carbocycles. The number of morpholine rings is 1. The summed E-state index contributed by atoms with van der Waals surface area (Å²) in [5.41, 5.74) is 5.50. The van der Waals surface area contributed by atoms with E-state index in [1.807, 2.05) is 29.2 Å². The van der Waals surface area contributed by atoms with Crippen LogP contribution in [-0.2, 0) is 17.7 Å². The third kappa shape index (κ3) is 2.88. The molecule has 0 radical (unpaired) electrons. The number of hydrogen-bond acceptors (Lipinski definition) is 3. The van der Waals surface area contributed by atoms with Crippen LogP contribution >= 0.6 is 0 Å². The Morgan fingerprint density at radius 3 is 2.63 bits per heavy atom. The number of benzene rings is 2. The average molecular weight is 361 g/mol. The molecule has 1 N–H and O–H groups in total. The van der Waals surface area contributed by atoms with E-state index in [1.54, 1.807) is 0 Å². The maximum atomic E-state index is 13.4. The number of carbonyl (C=O) groups excluding carboxylic acids is 1. The van der Waals surface area contributed by atoms with Crippen LogP contribution in [0.25, 0.3) is 10.9 Å². The molecule has 1 saturated heterocycles. The van der Waals surface area contributed by atoms with Crippen LogP contribution in [0.5, 0.6) is 0 Å². The molecule has 1 aromatic heterocycles. The van der Waals surface area contributed by atoms with E-state index >= 15 is 0 Å². The second kappa shape index (κ2) is 6.74. The lowest BCUT2D eigenvalue weighted by Crippen LogP contribution is -2.39. The van der Waals surface area contributed by atoms with Gasteiger partial charge in [-0.3, -0.25) is 4.79 Å². The molecule has 5 heteroatoms. The Morgan fingerprint density at radius 2 is 1.74 bits per heavy atom. The SMILES string of the molecule is O=C(c1ccccc1N1CCOCC1)N1CCc2[nH]c3ccccc3c2C1. The minimum Gasteiger partial charge on any atom is -0.378 e. The van der Waals surface area contributed by atoms with Gasteiger partial charge in [0.2, 0.25) is 0 Å². The molecule has 0 aliphatic carbocycles. The van der Waals surface area contributed by atoms with Crippen LogP contribution in [0.1, 0.15) is 21.6 Å². The first-order valence-electron chi connectivity index (χ1n) is 9.61. The molecule has 0 unspecified atom stereocenters. The quantitative estimate of drug-likeness (QED) is 0.763. The molecule has 5 nitrogen and oxygen atoms in total. The van der Waals surface area contributed by atoms with Crippen LogP contribution in [0.3, 0.4) is 0 Å². The van der Waals surface area contributed by atoms with Gasteiger partial charge in [0.05, 0.1) is 18.8 Å². The van der Waals surface area contributed by atoms with Crippen LogP contribution in [-0.4, -0.2) is 48.6 Å². The highest BCUT2D eigenvalue weighted by Crippen LogP contribution is 2.30. The number of anilines is 1. The standard InChI is InChI=1S/C22H23N3O2/c26-22(17-6-2-4-8-21(17)24-11-13-27-14-12-24)25-10-9-20-18(15-25)16-5-1-3-7-19(16)23-20/h1-8,23H,9-15H2. The van der Waals surface area contributed by atoms with Gasteiger partial charge in [-0.05, 0) is 18.2 Å². The number of fused-ring (bicyclic) bond motifs is 3. The molecule has 3 aromatic rings. The smallest absolute Gasteiger partial charge is 0.256 e. The van der Waals surface area contributed by atoms with Crippen molar-refractivity contribution in [1.29, 1.82) is 0 Å². The first-order valence-corrected chi connectivity index (χ1v) is 9.61. The highest BCUT2D eigenvalue weighted by molar-refractivity contribution is 6.00. The van der Waals surface area contributed by atoms with Crippen molar-refractivity contribution in [1.82, 2.24) is 9.88 Å². The number of nitrogens with zero attached hydrogens (tertiary/aromatic N) is 2. The molecule has 2 aliphatic rings. The molecule has 1 fully saturated rings. The lowest BCUT2D eigenvalue weighted by molar-refractivity contribution is 0.0734. The molecule has 0 atom stereocenters. The minimum absolute atomic E-state index is 0.119. The molecule has 0 bridgehead atoms. The fraction of sp³-hybridized carbons (Fsp3) is 0.318. The summed E-state index contributed by atoms with van der Waals surface area (Å²) in [4.78, 5) is 21.2. The van der Waals surface area contributed by atoms with E-state index in [2.05, 4.69) is 34.1 Å². The lowest BCUT2D eigenvalue weighted by Gasteiger charge is -2.32. The van der Waals surface area contributed by atoms with Crippen molar-refractivity contribution >= 4 is 22.5 Å². The molecule has 3 heterocycles. The maximum absolute atomic E-state index is 13.4. The molecule has 2 aliphatic heterocycles. The third-order valence-electron chi connectivity index (χ3n) is 5.66. The second-order valence-corrected chi connectivity index (χ2v) is 7.22. The van der Waals surface area contributed by atoms with Crippen molar-refractivity contribution in [3.8, 4) is 0 Å². The van der Waals surface area contributed by atoms with Gasteiger partial charge in [-0.15, -0.1) is 0 Å². The van der Waals surface area contributed by atoms with Crippen LogP contribution < -0.4 is 4.90 Å². The predicted molar refractivity (Wildman–Crippen MR) is 106 cm³/mol. The Hall–Kier alpha value is -2.79. The monoisotopic (exact) mass is 361 g/mol. The van der Waals surface area contributed by atoms with Crippen LogP contribution in [0.15, 0.2) is 48.5 Å². The van der Waals surface area contributed by atoms with Gasteiger partial charge in [-0.25, -0.2) is 0 Å². The molecule has 2 aromatic carbocycles. The van der Waals surface area contributed by atoms with E-state index in [0.29, 0.717) is 19.8 Å². The van der Waals surface area contributed by atoms with E-state index in [1.165, 1.54) is 16.6 Å². The molecule has 27 heavy (non-hydrogen) atoms. The Labute approximate surface area is 158 Å². The van der Waals surface area contributed by atoms with Crippen LogP contribution in [0, 0.1) is 0 Å². The third-order valence-corrected chi connectivity index (χ3v) is 5.66. The summed E-state index contributed by atoms with van der Waals surface area (Å²) in [5.74, 6) is 0.119. The van der Waals surface area contributed by atoms with Gasteiger partial charge in [0.25, 0.3) is 5.91 Å². The minimum atomic E-state index is 0.119. The summed E-state index contributed by atoms with van der Waals surface area (Å²) in [5, 5.41) is 1.23. The number of amides is 1. The molecular formula is C22H23N3O2. The molecule has 0 spiro atoms. The lowest BCUT2D eigenvalue weighted by atomic mass is 10.0. The van der Waals surface area contributed by atoms with Crippen molar-refractivity contribution in [2.45, 2.75) is 13.0 Å². The van der Waals surface area contributed by atoms with Crippen molar-refractivity contribution in [2.24, 2.45) is 0 Å². The number of aromatic amines is 1. The topological polar surface area (TPSA) is 48.6 Å². The summed E-state index contributed by atoms with van der Waals surface area (Å²) in [7, 11) is 0. The Kier molecular flexibility index (Phi) is 4.09. The summed E-state index contributed by atoms with van der Waals surface area (Å²) >= 11 is 0. The van der Waals surface area contributed by atoms with E-state index in [-0.39, 0.29) is 5.91 Å². The zero-order chi connectivity index (χ0) is 18.2. The van der Waals surface area contributed by atoms with E-state index in [9.17, 15) is 4.79 Å². The van der Waals surface area contributed by atoms with Crippen molar-refractivity contribution < 1.29 is 9.53 Å².